The number of carbonyl (C=O) groups is 2. The van der Waals surface area contributed by atoms with Crippen LogP contribution < -0.4 is 0 Å². The normalized spacial score (nSPS) is 39.8. The van der Waals surface area contributed by atoms with Crippen molar-refractivity contribution in [3.8, 4) is 0 Å². The second-order valence-electron chi connectivity index (χ2n) is 5.47. The maximum atomic E-state index is 11.5. The molecular formula is C14H20O6. The van der Waals surface area contributed by atoms with E-state index in [1.54, 1.807) is 6.08 Å². The first-order chi connectivity index (χ1) is 9.33. The molecule has 0 radical (unpaired) electrons. The molecule has 6 nitrogen and oxygen atoms in total. The van der Waals surface area contributed by atoms with E-state index in [0.29, 0.717) is 19.3 Å². The van der Waals surface area contributed by atoms with E-state index in [4.69, 9.17) is 9.47 Å². The molecule has 0 saturated heterocycles. The van der Waals surface area contributed by atoms with Crippen LogP contribution in [0.5, 0.6) is 0 Å². The molecule has 0 aromatic carbocycles. The summed E-state index contributed by atoms with van der Waals surface area (Å²) in [4.78, 5) is 22.9. The van der Waals surface area contributed by atoms with Gasteiger partial charge in [0.05, 0.1) is 0 Å². The van der Waals surface area contributed by atoms with E-state index < -0.39 is 35.3 Å². The summed E-state index contributed by atoms with van der Waals surface area (Å²) in [6, 6.07) is 0. The Morgan fingerprint density at radius 1 is 1.10 bits per heavy atom. The number of rotatable bonds is 2. The minimum Gasteiger partial charge on any atom is -0.452 e. The number of fused-ring (bicyclic) bond motifs is 1. The van der Waals surface area contributed by atoms with Crippen molar-refractivity contribution in [3.63, 3.8) is 0 Å². The molecular weight excluding hydrogens is 264 g/mol. The molecule has 0 unspecified atom stereocenters. The molecule has 0 aliphatic heterocycles. The molecule has 1 saturated carbocycles. The Morgan fingerprint density at radius 3 is 2.30 bits per heavy atom. The number of aliphatic hydroxyl groups excluding tert-OH is 2. The summed E-state index contributed by atoms with van der Waals surface area (Å²) in [6.45, 7) is 2.51. The van der Waals surface area contributed by atoms with Gasteiger partial charge in [-0.25, -0.2) is 0 Å². The Hall–Kier alpha value is -1.40. The average Bonchev–Trinajstić information content (AvgIpc) is 2.35. The summed E-state index contributed by atoms with van der Waals surface area (Å²) in [5.41, 5.74) is -2.63. The highest BCUT2D eigenvalue weighted by atomic mass is 16.6. The monoisotopic (exact) mass is 284 g/mol. The predicted octanol–water partition coefficient (Wildman–Crippen LogP) is 0.456. The Labute approximate surface area is 117 Å². The largest absolute Gasteiger partial charge is 0.452 e. The molecule has 0 amide bonds. The zero-order valence-corrected chi connectivity index (χ0v) is 11.7. The Kier molecular flexibility index (Phi) is 3.88. The van der Waals surface area contributed by atoms with Crippen molar-refractivity contribution in [2.45, 2.75) is 62.9 Å². The van der Waals surface area contributed by atoms with Gasteiger partial charge in [0.1, 0.15) is 12.2 Å². The summed E-state index contributed by atoms with van der Waals surface area (Å²) >= 11 is 0. The second kappa shape index (κ2) is 5.18. The maximum Gasteiger partial charge on any atom is 0.303 e. The molecule has 0 heterocycles. The number of hydrogen-bond acceptors (Lipinski definition) is 6. The van der Waals surface area contributed by atoms with Gasteiger partial charge in [0.25, 0.3) is 0 Å². The third kappa shape index (κ3) is 2.23. The van der Waals surface area contributed by atoms with Crippen LogP contribution in [0, 0.1) is 0 Å². The van der Waals surface area contributed by atoms with Gasteiger partial charge in [-0.3, -0.25) is 9.59 Å². The Morgan fingerprint density at radius 2 is 1.70 bits per heavy atom. The van der Waals surface area contributed by atoms with Gasteiger partial charge in [-0.05, 0) is 31.8 Å². The quantitative estimate of drug-likeness (QED) is 0.565. The number of aliphatic hydroxyl groups is 2. The van der Waals surface area contributed by atoms with Crippen LogP contribution in [0.3, 0.4) is 0 Å². The van der Waals surface area contributed by atoms with Crippen molar-refractivity contribution >= 4 is 11.9 Å². The average molecular weight is 284 g/mol. The highest BCUT2D eigenvalue weighted by Crippen LogP contribution is 2.49. The molecule has 112 valence electrons. The Balaban J connectivity index is 2.52. The summed E-state index contributed by atoms with van der Waals surface area (Å²) in [6.07, 6.45) is 2.74. The number of ether oxygens (including phenoxy) is 2. The predicted molar refractivity (Wildman–Crippen MR) is 68.6 cm³/mol. The van der Waals surface area contributed by atoms with Crippen molar-refractivity contribution in [2.75, 3.05) is 0 Å². The highest BCUT2D eigenvalue weighted by Gasteiger charge is 2.64. The van der Waals surface area contributed by atoms with Gasteiger partial charge in [-0.2, -0.15) is 0 Å². The van der Waals surface area contributed by atoms with Gasteiger partial charge in [0.15, 0.2) is 11.2 Å². The fourth-order valence-electron chi connectivity index (χ4n) is 3.34. The van der Waals surface area contributed by atoms with E-state index in [9.17, 15) is 19.8 Å². The third-order valence-corrected chi connectivity index (χ3v) is 4.08. The zero-order valence-electron chi connectivity index (χ0n) is 11.7. The van der Waals surface area contributed by atoms with Gasteiger partial charge in [0, 0.05) is 13.8 Å². The van der Waals surface area contributed by atoms with Crippen molar-refractivity contribution in [2.24, 2.45) is 0 Å². The Bertz CT molecular complexity index is 445. The molecule has 20 heavy (non-hydrogen) atoms. The fourth-order valence-corrected chi connectivity index (χ4v) is 3.34. The minimum absolute atomic E-state index is 0.336. The molecule has 0 bridgehead atoms. The standard InChI is InChI=1S/C14H20O6/c1-9(15)19-13-6-3-4-7-14(13,20-10(2)16)12(18)11(17)5-8-13/h5,8,11-12,17-18H,3-4,6-7H2,1-2H3/t11-,12-,13+,14+/m0/s1. The molecule has 2 aliphatic rings. The van der Waals surface area contributed by atoms with Crippen LogP contribution in [-0.2, 0) is 19.1 Å². The van der Waals surface area contributed by atoms with Gasteiger partial charge >= 0.3 is 11.9 Å². The van der Waals surface area contributed by atoms with Crippen LogP contribution in [0.1, 0.15) is 39.5 Å². The molecule has 6 heteroatoms. The lowest BCUT2D eigenvalue weighted by molar-refractivity contribution is -0.249. The van der Waals surface area contributed by atoms with Crippen LogP contribution in [0.15, 0.2) is 12.2 Å². The first-order valence-electron chi connectivity index (χ1n) is 6.78. The zero-order chi connectivity index (χ0) is 15.0. The van der Waals surface area contributed by atoms with Crippen LogP contribution in [-0.4, -0.2) is 45.6 Å². The first-order valence-corrected chi connectivity index (χ1v) is 6.78. The summed E-state index contributed by atoms with van der Waals surface area (Å²) in [5, 5.41) is 20.3. The van der Waals surface area contributed by atoms with E-state index in [1.807, 2.05) is 0 Å². The summed E-state index contributed by atoms with van der Waals surface area (Å²) in [7, 11) is 0. The van der Waals surface area contributed by atoms with Crippen molar-refractivity contribution in [3.05, 3.63) is 12.2 Å². The lowest BCUT2D eigenvalue weighted by atomic mass is 9.64. The van der Waals surface area contributed by atoms with Crippen LogP contribution in [0.25, 0.3) is 0 Å². The van der Waals surface area contributed by atoms with Crippen LogP contribution in [0.4, 0.5) is 0 Å². The highest BCUT2D eigenvalue weighted by molar-refractivity contribution is 5.69. The van der Waals surface area contributed by atoms with Gasteiger partial charge in [-0.15, -0.1) is 0 Å². The van der Waals surface area contributed by atoms with E-state index in [1.165, 1.54) is 19.9 Å². The SMILES string of the molecule is CC(=O)O[C@]12C=C[C@H](O)[C@H](O)[C@]1(OC(C)=O)CCCC2. The van der Waals surface area contributed by atoms with Crippen molar-refractivity contribution in [1.82, 2.24) is 0 Å². The number of hydrogen-bond donors (Lipinski definition) is 2. The first kappa shape index (κ1) is 15.0. The van der Waals surface area contributed by atoms with Gasteiger partial charge in [0.2, 0.25) is 0 Å². The molecule has 0 spiro atoms. The molecule has 2 N–H and O–H groups in total. The lowest BCUT2D eigenvalue weighted by Gasteiger charge is -2.54. The van der Waals surface area contributed by atoms with E-state index in [2.05, 4.69) is 0 Å². The van der Waals surface area contributed by atoms with E-state index in [-0.39, 0.29) is 0 Å². The van der Waals surface area contributed by atoms with Crippen molar-refractivity contribution < 1.29 is 29.3 Å². The fraction of sp³-hybridized carbons (Fsp3) is 0.714. The maximum absolute atomic E-state index is 11.5. The van der Waals surface area contributed by atoms with Crippen molar-refractivity contribution in [1.29, 1.82) is 0 Å². The lowest BCUT2D eigenvalue weighted by Crippen LogP contribution is -2.69. The molecule has 2 rings (SSSR count). The second-order valence-corrected chi connectivity index (χ2v) is 5.47. The van der Waals surface area contributed by atoms with Crippen LogP contribution >= 0.6 is 0 Å². The molecule has 2 aliphatic carbocycles. The molecule has 4 atom stereocenters. The smallest absolute Gasteiger partial charge is 0.303 e. The summed E-state index contributed by atoms with van der Waals surface area (Å²) in [5.74, 6) is -1.10. The number of carbonyl (C=O) groups excluding carboxylic acids is 2. The molecule has 1 fully saturated rings. The van der Waals surface area contributed by atoms with Gasteiger partial charge < -0.3 is 19.7 Å². The third-order valence-electron chi connectivity index (χ3n) is 4.08. The minimum atomic E-state index is -1.42. The molecule has 0 aromatic rings. The van der Waals surface area contributed by atoms with Crippen LogP contribution in [0.2, 0.25) is 0 Å². The van der Waals surface area contributed by atoms with E-state index in [0.717, 1.165) is 6.42 Å². The summed E-state index contributed by atoms with van der Waals surface area (Å²) < 4.78 is 10.8. The van der Waals surface area contributed by atoms with Gasteiger partial charge in [-0.1, -0.05) is 6.08 Å². The topological polar surface area (TPSA) is 93.1 Å². The number of esters is 2. The van der Waals surface area contributed by atoms with E-state index >= 15 is 0 Å². The molecule has 0 aromatic heterocycles.